The molecule has 0 saturated carbocycles. The number of hydrogen-bond donors (Lipinski definition) is 0. The average Bonchev–Trinajstić information content (AvgIpc) is 3.02. The van der Waals surface area contributed by atoms with Crippen LogP contribution in [0.25, 0.3) is 22.5 Å². The predicted octanol–water partition coefficient (Wildman–Crippen LogP) is 3.56. The number of rotatable bonds is 2. The Morgan fingerprint density at radius 3 is 2.61 bits per heavy atom. The van der Waals surface area contributed by atoms with E-state index in [1.54, 1.807) is 0 Å². The van der Waals surface area contributed by atoms with Gasteiger partial charge < -0.3 is 4.74 Å². The zero-order chi connectivity index (χ0) is 15.8. The lowest BCUT2D eigenvalue weighted by Crippen LogP contribution is -2.13. The molecule has 4 heteroatoms. The number of fused-ring (bicyclic) bond motifs is 3. The van der Waals surface area contributed by atoms with E-state index < -0.39 is 0 Å². The Balaban J connectivity index is 2.02. The Morgan fingerprint density at radius 2 is 1.83 bits per heavy atom. The summed E-state index contributed by atoms with van der Waals surface area (Å²) >= 11 is 0. The first-order valence-corrected chi connectivity index (χ1v) is 7.62. The molecule has 0 fully saturated rings. The number of benzene rings is 2. The van der Waals surface area contributed by atoms with Crippen LogP contribution >= 0.6 is 0 Å². The molecule has 2 aromatic carbocycles. The van der Waals surface area contributed by atoms with Gasteiger partial charge in [0.1, 0.15) is 11.3 Å². The van der Waals surface area contributed by atoms with Crippen LogP contribution in [0.4, 0.5) is 0 Å². The van der Waals surface area contributed by atoms with Crippen molar-refractivity contribution in [3.8, 4) is 22.5 Å². The zero-order valence-electron chi connectivity index (χ0n) is 12.8. The Morgan fingerprint density at radius 1 is 1.09 bits per heavy atom. The number of nitrogens with zero attached hydrogens (tertiary/aromatic N) is 2. The monoisotopic (exact) mass is 304 g/mol. The van der Waals surface area contributed by atoms with Gasteiger partial charge in [0.2, 0.25) is 0 Å². The van der Waals surface area contributed by atoms with E-state index in [1.165, 1.54) is 12.7 Å². The molecule has 0 aliphatic carbocycles. The first kappa shape index (κ1) is 13.8. The lowest BCUT2D eigenvalue weighted by molar-refractivity contribution is 0.0602. The summed E-state index contributed by atoms with van der Waals surface area (Å²) in [4.78, 5) is 12.5. The van der Waals surface area contributed by atoms with Gasteiger partial charge in [-0.2, -0.15) is 5.10 Å². The standard InChI is InChI=1S/C19H16N2O2/c1-23-19(22)16-17(14-8-3-2-4-9-14)20-21-12-11-13-7-5-6-10-15(13)18(16)21/h2-10H,11-12H2,1H3. The summed E-state index contributed by atoms with van der Waals surface area (Å²) in [6.07, 6.45) is 0.916. The highest BCUT2D eigenvalue weighted by atomic mass is 16.5. The first-order valence-electron chi connectivity index (χ1n) is 7.62. The van der Waals surface area contributed by atoms with Crippen molar-refractivity contribution in [2.24, 2.45) is 0 Å². The van der Waals surface area contributed by atoms with Crippen molar-refractivity contribution in [3.05, 3.63) is 65.7 Å². The van der Waals surface area contributed by atoms with Crippen molar-refractivity contribution < 1.29 is 9.53 Å². The molecule has 0 N–H and O–H groups in total. The van der Waals surface area contributed by atoms with Gasteiger partial charge in [-0.1, -0.05) is 54.6 Å². The smallest absolute Gasteiger partial charge is 0.342 e. The van der Waals surface area contributed by atoms with E-state index >= 15 is 0 Å². The SMILES string of the molecule is COC(=O)c1c(-c2ccccc2)nn2c1-c1ccccc1CC2. The van der Waals surface area contributed by atoms with Crippen molar-refractivity contribution in [1.29, 1.82) is 0 Å². The van der Waals surface area contributed by atoms with Crippen LogP contribution in [0, 0.1) is 0 Å². The average molecular weight is 304 g/mol. The number of methoxy groups -OCH3 is 1. The second-order valence-corrected chi connectivity index (χ2v) is 5.56. The molecule has 23 heavy (non-hydrogen) atoms. The molecule has 0 atom stereocenters. The molecule has 3 aromatic rings. The summed E-state index contributed by atoms with van der Waals surface area (Å²) in [7, 11) is 1.41. The van der Waals surface area contributed by atoms with Crippen molar-refractivity contribution in [1.82, 2.24) is 9.78 Å². The van der Waals surface area contributed by atoms with E-state index in [0.717, 1.165) is 29.8 Å². The van der Waals surface area contributed by atoms with Gasteiger partial charge in [0, 0.05) is 17.7 Å². The Bertz CT molecular complexity index is 882. The number of ether oxygens (including phenoxy) is 1. The van der Waals surface area contributed by atoms with Crippen LogP contribution in [-0.2, 0) is 17.7 Å². The second kappa shape index (κ2) is 5.39. The van der Waals surface area contributed by atoms with E-state index in [0.29, 0.717) is 11.3 Å². The molecule has 0 saturated heterocycles. The summed E-state index contributed by atoms with van der Waals surface area (Å²) in [5, 5.41) is 4.70. The largest absolute Gasteiger partial charge is 0.465 e. The highest BCUT2D eigenvalue weighted by molar-refractivity contribution is 6.03. The minimum Gasteiger partial charge on any atom is -0.465 e. The molecule has 4 rings (SSSR count). The quantitative estimate of drug-likeness (QED) is 0.680. The maximum absolute atomic E-state index is 12.5. The van der Waals surface area contributed by atoms with Crippen LogP contribution in [0.2, 0.25) is 0 Å². The Hall–Kier alpha value is -2.88. The highest BCUT2D eigenvalue weighted by Gasteiger charge is 2.29. The molecular formula is C19H16N2O2. The maximum Gasteiger partial charge on any atom is 0.342 e. The summed E-state index contributed by atoms with van der Waals surface area (Å²) in [5.41, 5.74) is 5.32. The summed E-state index contributed by atoms with van der Waals surface area (Å²) in [5.74, 6) is -0.346. The fourth-order valence-electron chi connectivity index (χ4n) is 3.19. The molecule has 0 spiro atoms. The van der Waals surface area contributed by atoms with Crippen LogP contribution in [0.5, 0.6) is 0 Å². The number of aromatic nitrogens is 2. The van der Waals surface area contributed by atoms with E-state index in [-0.39, 0.29) is 5.97 Å². The predicted molar refractivity (Wildman–Crippen MR) is 88.1 cm³/mol. The molecule has 0 unspecified atom stereocenters. The van der Waals surface area contributed by atoms with Gasteiger partial charge in [-0.15, -0.1) is 0 Å². The third kappa shape index (κ3) is 2.14. The molecule has 0 radical (unpaired) electrons. The lowest BCUT2D eigenvalue weighted by atomic mass is 9.94. The first-order chi connectivity index (χ1) is 11.3. The summed E-state index contributed by atoms with van der Waals surface area (Å²) < 4.78 is 6.97. The van der Waals surface area contributed by atoms with Gasteiger partial charge in [-0.3, -0.25) is 4.68 Å². The Kier molecular flexibility index (Phi) is 3.23. The van der Waals surface area contributed by atoms with Crippen LogP contribution in [0.15, 0.2) is 54.6 Å². The maximum atomic E-state index is 12.5. The minimum atomic E-state index is -0.346. The van der Waals surface area contributed by atoms with Crippen molar-refractivity contribution in [2.75, 3.05) is 7.11 Å². The lowest BCUT2D eigenvalue weighted by Gasteiger charge is -2.18. The Labute approximate surface area is 134 Å². The third-order valence-electron chi connectivity index (χ3n) is 4.25. The molecule has 4 nitrogen and oxygen atoms in total. The normalized spacial score (nSPS) is 12.4. The zero-order valence-corrected chi connectivity index (χ0v) is 12.8. The number of hydrogen-bond acceptors (Lipinski definition) is 3. The van der Waals surface area contributed by atoms with E-state index in [1.807, 2.05) is 53.2 Å². The topological polar surface area (TPSA) is 44.1 Å². The molecule has 1 aromatic heterocycles. The molecule has 0 amide bonds. The molecule has 1 aliphatic heterocycles. The van der Waals surface area contributed by atoms with Crippen LogP contribution < -0.4 is 0 Å². The van der Waals surface area contributed by atoms with Crippen molar-refractivity contribution in [2.45, 2.75) is 13.0 Å². The molecule has 0 bridgehead atoms. The number of aryl methyl sites for hydroxylation is 2. The van der Waals surface area contributed by atoms with Gasteiger partial charge >= 0.3 is 5.97 Å². The van der Waals surface area contributed by atoms with E-state index in [9.17, 15) is 4.79 Å². The fourth-order valence-corrected chi connectivity index (χ4v) is 3.19. The third-order valence-corrected chi connectivity index (χ3v) is 4.25. The number of carbonyl (C=O) groups is 1. The molecule has 1 aliphatic rings. The highest BCUT2D eigenvalue weighted by Crippen LogP contribution is 2.37. The van der Waals surface area contributed by atoms with Gasteiger partial charge in [-0.05, 0) is 12.0 Å². The van der Waals surface area contributed by atoms with Gasteiger partial charge in [0.15, 0.2) is 0 Å². The van der Waals surface area contributed by atoms with Crippen molar-refractivity contribution in [3.63, 3.8) is 0 Å². The van der Waals surface area contributed by atoms with Crippen molar-refractivity contribution >= 4 is 5.97 Å². The molecular weight excluding hydrogens is 288 g/mol. The number of esters is 1. The summed E-state index contributed by atoms with van der Waals surface area (Å²) in [6.45, 7) is 0.767. The van der Waals surface area contributed by atoms with Gasteiger partial charge in [0.05, 0.1) is 12.8 Å². The molecule has 114 valence electrons. The minimum absolute atomic E-state index is 0.346. The van der Waals surface area contributed by atoms with E-state index in [2.05, 4.69) is 6.07 Å². The number of carbonyl (C=O) groups excluding carboxylic acids is 1. The van der Waals surface area contributed by atoms with Gasteiger partial charge in [0.25, 0.3) is 0 Å². The second-order valence-electron chi connectivity index (χ2n) is 5.56. The van der Waals surface area contributed by atoms with Crippen LogP contribution in [0.1, 0.15) is 15.9 Å². The summed E-state index contributed by atoms with van der Waals surface area (Å²) in [6, 6.07) is 17.9. The van der Waals surface area contributed by atoms with E-state index in [4.69, 9.17) is 9.84 Å². The van der Waals surface area contributed by atoms with Gasteiger partial charge in [-0.25, -0.2) is 4.79 Å². The van der Waals surface area contributed by atoms with Crippen LogP contribution in [0.3, 0.4) is 0 Å². The molecule has 2 heterocycles. The fraction of sp³-hybridized carbons (Fsp3) is 0.158. The van der Waals surface area contributed by atoms with Crippen LogP contribution in [-0.4, -0.2) is 22.9 Å².